The second-order valence-corrected chi connectivity index (χ2v) is 6.49. The topological polar surface area (TPSA) is 55.4 Å². The Morgan fingerprint density at radius 1 is 1.08 bits per heavy atom. The Morgan fingerprint density at radius 3 is 2.31 bits per heavy atom. The summed E-state index contributed by atoms with van der Waals surface area (Å²) in [7, 11) is 0. The predicted octanol–water partition coefficient (Wildman–Crippen LogP) is 4.54. The summed E-state index contributed by atoms with van der Waals surface area (Å²) in [6.07, 6.45) is 0. The molecule has 1 amide bonds. The molecule has 0 saturated carbocycles. The van der Waals surface area contributed by atoms with Gasteiger partial charge < -0.3 is 10.1 Å². The van der Waals surface area contributed by atoms with E-state index >= 15 is 0 Å². The molecule has 2 rings (SSSR count). The number of amides is 1. The molecule has 1 N–H and O–H groups in total. The van der Waals surface area contributed by atoms with Gasteiger partial charge in [-0.2, -0.15) is 0 Å². The van der Waals surface area contributed by atoms with Crippen LogP contribution in [-0.4, -0.2) is 18.5 Å². The van der Waals surface area contributed by atoms with E-state index in [2.05, 4.69) is 5.32 Å². The van der Waals surface area contributed by atoms with Gasteiger partial charge in [-0.25, -0.2) is 8.78 Å². The number of carbonyl (C=O) groups is 2. The zero-order chi connectivity index (χ0) is 19.3. The van der Waals surface area contributed by atoms with E-state index in [1.54, 1.807) is 24.3 Å². The Hall–Kier alpha value is -2.47. The third-order valence-corrected chi connectivity index (χ3v) is 3.95. The standard InChI is InChI=1S/C19H18ClF2NO3/c1-11(2)18(12-3-5-13(20)6-4-12)19(25)26-10-17(24)23-14-7-8-15(21)16(22)9-14/h3-9,11,18H,10H2,1-2H3,(H,23,24)/t18-/m1/s1. The summed E-state index contributed by atoms with van der Waals surface area (Å²) in [5, 5.41) is 2.89. The fourth-order valence-electron chi connectivity index (χ4n) is 2.46. The number of carbonyl (C=O) groups excluding carboxylic acids is 2. The molecule has 4 nitrogen and oxygen atoms in total. The Balaban J connectivity index is 1.97. The molecule has 0 aliphatic heterocycles. The molecule has 0 heterocycles. The Morgan fingerprint density at radius 2 is 1.73 bits per heavy atom. The first-order chi connectivity index (χ1) is 12.3. The van der Waals surface area contributed by atoms with Crippen molar-refractivity contribution in [3.05, 3.63) is 64.7 Å². The fourth-order valence-corrected chi connectivity index (χ4v) is 2.59. The van der Waals surface area contributed by atoms with Gasteiger partial charge >= 0.3 is 5.97 Å². The zero-order valence-corrected chi connectivity index (χ0v) is 15.0. The molecule has 0 bridgehead atoms. The second kappa shape index (κ2) is 8.76. The maximum absolute atomic E-state index is 13.1. The minimum Gasteiger partial charge on any atom is -0.455 e. The normalized spacial score (nSPS) is 11.9. The maximum atomic E-state index is 13.1. The first-order valence-electron chi connectivity index (χ1n) is 7.95. The molecule has 138 valence electrons. The van der Waals surface area contributed by atoms with E-state index in [0.717, 1.165) is 17.7 Å². The molecular formula is C19H18ClF2NO3. The number of hydrogen-bond donors (Lipinski definition) is 1. The van der Waals surface area contributed by atoms with Crippen molar-refractivity contribution in [3.63, 3.8) is 0 Å². The maximum Gasteiger partial charge on any atom is 0.314 e. The van der Waals surface area contributed by atoms with Crippen molar-refractivity contribution in [2.45, 2.75) is 19.8 Å². The average molecular weight is 382 g/mol. The van der Waals surface area contributed by atoms with Gasteiger partial charge in [-0.3, -0.25) is 9.59 Å². The van der Waals surface area contributed by atoms with E-state index in [1.807, 2.05) is 13.8 Å². The SMILES string of the molecule is CC(C)[C@@H](C(=O)OCC(=O)Nc1ccc(F)c(F)c1)c1ccc(Cl)cc1. The third kappa shape index (κ3) is 5.26. The number of halogens is 3. The predicted molar refractivity (Wildman–Crippen MR) is 95.0 cm³/mol. The number of esters is 1. The molecule has 0 unspecified atom stereocenters. The fraction of sp³-hybridized carbons (Fsp3) is 0.263. The van der Waals surface area contributed by atoms with Gasteiger partial charge in [0.25, 0.3) is 5.91 Å². The molecule has 1 atom stereocenters. The van der Waals surface area contributed by atoms with Crippen LogP contribution < -0.4 is 5.32 Å². The molecule has 0 aliphatic carbocycles. The smallest absolute Gasteiger partial charge is 0.314 e. The van der Waals surface area contributed by atoms with Crippen molar-refractivity contribution in [3.8, 4) is 0 Å². The van der Waals surface area contributed by atoms with Gasteiger partial charge in [0.15, 0.2) is 18.2 Å². The van der Waals surface area contributed by atoms with Crippen molar-refractivity contribution in [1.29, 1.82) is 0 Å². The summed E-state index contributed by atoms with van der Waals surface area (Å²) in [5.74, 6) is -3.91. The molecule has 0 fully saturated rings. The summed E-state index contributed by atoms with van der Waals surface area (Å²) in [6, 6.07) is 9.77. The lowest BCUT2D eigenvalue weighted by Gasteiger charge is -2.20. The van der Waals surface area contributed by atoms with E-state index in [9.17, 15) is 18.4 Å². The lowest BCUT2D eigenvalue weighted by Crippen LogP contribution is -2.26. The van der Waals surface area contributed by atoms with E-state index < -0.39 is 36.0 Å². The average Bonchev–Trinajstić information content (AvgIpc) is 2.58. The summed E-state index contributed by atoms with van der Waals surface area (Å²) >= 11 is 5.86. The first-order valence-corrected chi connectivity index (χ1v) is 8.32. The van der Waals surface area contributed by atoms with Crippen molar-refractivity contribution in [2.24, 2.45) is 5.92 Å². The van der Waals surface area contributed by atoms with Crippen LogP contribution in [0.3, 0.4) is 0 Å². The molecule has 0 aromatic heterocycles. The highest BCUT2D eigenvalue weighted by Gasteiger charge is 2.26. The number of benzene rings is 2. The second-order valence-electron chi connectivity index (χ2n) is 6.06. The number of hydrogen-bond acceptors (Lipinski definition) is 3. The summed E-state index contributed by atoms with van der Waals surface area (Å²) in [5.41, 5.74) is 0.804. The van der Waals surface area contributed by atoms with Gasteiger partial charge in [0.1, 0.15) is 0 Å². The van der Waals surface area contributed by atoms with Crippen LogP contribution in [0.5, 0.6) is 0 Å². The van der Waals surface area contributed by atoms with E-state index in [4.69, 9.17) is 16.3 Å². The van der Waals surface area contributed by atoms with Crippen LogP contribution >= 0.6 is 11.6 Å². The van der Waals surface area contributed by atoms with Gasteiger partial charge in [0.2, 0.25) is 0 Å². The molecule has 0 radical (unpaired) electrons. The van der Waals surface area contributed by atoms with Crippen LogP contribution in [0.25, 0.3) is 0 Å². The molecule has 2 aromatic rings. The van der Waals surface area contributed by atoms with Crippen molar-refractivity contribution in [2.75, 3.05) is 11.9 Å². The van der Waals surface area contributed by atoms with Crippen molar-refractivity contribution < 1.29 is 23.1 Å². The third-order valence-electron chi connectivity index (χ3n) is 3.70. The Kier molecular flexibility index (Phi) is 6.69. The van der Waals surface area contributed by atoms with Gasteiger partial charge in [0, 0.05) is 16.8 Å². The van der Waals surface area contributed by atoms with Crippen LogP contribution in [0.1, 0.15) is 25.3 Å². The zero-order valence-electron chi connectivity index (χ0n) is 14.3. The monoisotopic (exact) mass is 381 g/mol. The molecule has 2 aromatic carbocycles. The molecule has 0 aliphatic rings. The Labute approximate surface area is 155 Å². The molecule has 0 spiro atoms. The van der Waals surface area contributed by atoms with Crippen LogP contribution in [-0.2, 0) is 14.3 Å². The van der Waals surface area contributed by atoms with E-state index in [0.29, 0.717) is 5.02 Å². The van der Waals surface area contributed by atoms with Crippen molar-refractivity contribution in [1.82, 2.24) is 0 Å². The van der Waals surface area contributed by atoms with Gasteiger partial charge in [-0.1, -0.05) is 37.6 Å². The van der Waals surface area contributed by atoms with Gasteiger partial charge in [-0.05, 0) is 35.7 Å². The van der Waals surface area contributed by atoms with E-state index in [-0.39, 0.29) is 11.6 Å². The van der Waals surface area contributed by atoms with Crippen LogP contribution in [0.15, 0.2) is 42.5 Å². The van der Waals surface area contributed by atoms with Gasteiger partial charge in [0.05, 0.1) is 5.92 Å². The number of nitrogens with one attached hydrogen (secondary N) is 1. The van der Waals surface area contributed by atoms with Gasteiger partial charge in [-0.15, -0.1) is 0 Å². The number of ether oxygens (including phenoxy) is 1. The molecular weight excluding hydrogens is 364 g/mol. The van der Waals surface area contributed by atoms with Crippen LogP contribution in [0.4, 0.5) is 14.5 Å². The summed E-state index contributed by atoms with van der Waals surface area (Å²) in [4.78, 5) is 24.2. The highest BCUT2D eigenvalue weighted by Crippen LogP contribution is 2.27. The summed E-state index contributed by atoms with van der Waals surface area (Å²) < 4.78 is 31.1. The quantitative estimate of drug-likeness (QED) is 0.747. The highest BCUT2D eigenvalue weighted by atomic mass is 35.5. The number of rotatable bonds is 6. The van der Waals surface area contributed by atoms with Crippen LogP contribution in [0.2, 0.25) is 5.02 Å². The van der Waals surface area contributed by atoms with Crippen molar-refractivity contribution >= 4 is 29.2 Å². The number of anilines is 1. The lowest BCUT2D eigenvalue weighted by atomic mass is 9.88. The Bertz CT molecular complexity index is 794. The molecule has 0 saturated heterocycles. The lowest BCUT2D eigenvalue weighted by molar-refractivity contribution is -0.149. The first kappa shape index (κ1) is 19.8. The minimum atomic E-state index is -1.08. The summed E-state index contributed by atoms with van der Waals surface area (Å²) in [6.45, 7) is 3.19. The van der Waals surface area contributed by atoms with Crippen LogP contribution in [0, 0.1) is 17.6 Å². The van der Waals surface area contributed by atoms with E-state index in [1.165, 1.54) is 6.07 Å². The molecule has 26 heavy (non-hydrogen) atoms. The largest absolute Gasteiger partial charge is 0.455 e. The highest BCUT2D eigenvalue weighted by molar-refractivity contribution is 6.30. The minimum absolute atomic E-state index is 0.0575. The molecule has 7 heteroatoms.